The van der Waals surface area contributed by atoms with Crippen LogP contribution in [0, 0.1) is 11.8 Å². The van der Waals surface area contributed by atoms with Crippen LogP contribution >= 0.6 is 23.4 Å². The predicted molar refractivity (Wildman–Crippen MR) is 177 cm³/mol. The van der Waals surface area contributed by atoms with Crippen molar-refractivity contribution in [3.63, 3.8) is 0 Å². The van der Waals surface area contributed by atoms with Crippen LogP contribution in [0.5, 0.6) is 0 Å². The van der Waals surface area contributed by atoms with Crippen molar-refractivity contribution in [2.24, 2.45) is 11.8 Å². The van der Waals surface area contributed by atoms with Gasteiger partial charge in [0.25, 0.3) is 0 Å². The van der Waals surface area contributed by atoms with E-state index in [2.05, 4.69) is 92.3 Å². The van der Waals surface area contributed by atoms with E-state index in [-0.39, 0.29) is 0 Å². The van der Waals surface area contributed by atoms with Crippen LogP contribution in [0.1, 0.15) is 23.7 Å². The van der Waals surface area contributed by atoms with Gasteiger partial charge in [-0.2, -0.15) is 0 Å². The first-order valence-corrected chi connectivity index (χ1v) is 16.4. The molecule has 1 saturated carbocycles. The normalized spacial score (nSPS) is 19.2. The maximum Gasteiger partial charge on any atom is 0.196 e. The number of halogens is 1. The fourth-order valence-electron chi connectivity index (χ4n) is 6.80. The third kappa shape index (κ3) is 5.21. The lowest BCUT2D eigenvalue weighted by Crippen LogP contribution is -2.34. The molecule has 2 fully saturated rings. The topological polar surface area (TPSA) is 73.8 Å². The van der Waals surface area contributed by atoms with Gasteiger partial charge in [-0.1, -0.05) is 79.2 Å². The summed E-state index contributed by atoms with van der Waals surface area (Å²) in [4.78, 5) is 28.6. The summed E-state index contributed by atoms with van der Waals surface area (Å²) in [6, 6.07) is 28.1. The van der Waals surface area contributed by atoms with Crippen molar-refractivity contribution in [3.8, 4) is 0 Å². The van der Waals surface area contributed by atoms with Gasteiger partial charge in [-0.05, 0) is 59.3 Å². The molecule has 1 N–H and O–H groups in total. The van der Waals surface area contributed by atoms with Crippen LogP contribution in [0.25, 0.3) is 22.1 Å². The standard InChI is InChI=1S/C35H32ClN7S/c1-2-27-31(36)30-33(39-27)40-35(44-24-16-29-28(38-17-24)14-9-15-37-29)41-34(30)43-20-25-26(21-43)32(25)42(18-22-10-5-3-6-11-22)19-23-12-7-4-8-13-23/h3-17,25-26,32H,2,18-21H2,1H3,(H,39,40,41)/t25-,26+,32+. The van der Waals surface area contributed by atoms with Gasteiger partial charge < -0.3 is 9.88 Å². The van der Waals surface area contributed by atoms with Crippen LogP contribution < -0.4 is 4.90 Å². The Morgan fingerprint density at radius 2 is 1.59 bits per heavy atom. The number of fused-ring (bicyclic) bond motifs is 3. The summed E-state index contributed by atoms with van der Waals surface area (Å²) in [7, 11) is 0. The monoisotopic (exact) mass is 617 g/mol. The summed E-state index contributed by atoms with van der Waals surface area (Å²) in [6.45, 7) is 5.91. The van der Waals surface area contributed by atoms with Crippen LogP contribution in [-0.4, -0.2) is 49.0 Å². The number of piperidine rings is 1. The predicted octanol–water partition coefficient (Wildman–Crippen LogP) is 7.41. The molecule has 220 valence electrons. The molecule has 0 amide bonds. The number of rotatable bonds is 9. The van der Waals surface area contributed by atoms with Crippen molar-refractivity contribution in [1.82, 2.24) is 29.8 Å². The average molecular weight is 618 g/mol. The molecule has 1 aliphatic heterocycles. The molecule has 1 aliphatic carbocycles. The van der Waals surface area contributed by atoms with E-state index in [1.54, 1.807) is 6.20 Å². The largest absolute Gasteiger partial charge is 0.355 e. The molecule has 0 spiro atoms. The molecule has 6 aromatic rings. The Morgan fingerprint density at radius 1 is 0.886 bits per heavy atom. The van der Waals surface area contributed by atoms with Crippen LogP contribution in [-0.2, 0) is 19.5 Å². The third-order valence-corrected chi connectivity index (χ3v) is 10.2. The number of nitrogens with one attached hydrogen (secondary N) is 1. The van der Waals surface area contributed by atoms with Gasteiger partial charge in [0.2, 0.25) is 0 Å². The molecule has 44 heavy (non-hydrogen) atoms. The molecule has 4 aromatic heterocycles. The van der Waals surface area contributed by atoms with E-state index < -0.39 is 0 Å². The number of aryl methyl sites for hydroxylation is 1. The van der Waals surface area contributed by atoms with Crippen LogP contribution in [0.15, 0.2) is 101 Å². The minimum atomic E-state index is 0.543. The molecule has 2 aromatic carbocycles. The summed E-state index contributed by atoms with van der Waals surface area (Å²) >= 11 is 8.46. The highest BCUT2D eigenvalue weighted by Crippen LogP contribution is 2.52. The zero-order chi connectivity index (χ0) is 29.6. The van der Waals surface area contributed by atoms with Crippen molar-refractivity contribution in [1.29, 1.82) is 0 Å². The lowest BCUT2D eigenvalue weighted by Gasteiger charge is -2.28. The van der Waals surface area contributed by atoms with Gasteiger partial charge in [0, 0.05) is 55.2 Å². The Kier molecular flexibility index (Phi) is 7.21. The average Bonchev–Trinajstić information content (AvgIpc) is 3.37. The minimum Gasteiger partial charge on any atom is -0.355 e. The number of anilines is 1. The van der Waals surface area contributed by atoms with Gasteiger partial charge in [-0.15, -0.1) is 0 Å². The molecule has 5 heterocycles. The van der Waals surface area contributed by atoms with Gasteiger partial charge in [0.1, 0.15) is 11.5 Å². The van der Waals surface area contributed by atoms with Gasteiger partial charge in [0.15, 0.2) is 5.16 Å². The van der Waals surface area contributed by atoms with Crippen LogP contribution in [0.3, 0.4) is 0 Å². The van der Waals surface area contributed by atoms with Crippen LogP contribution in [0.2, 0.25) is 5.02 Å². The Labute approximate surface area is 265 Å². The number of hydrogen-bond acceptors (Lipinski definition) is 7. The molecule has 0 bridgehead atoms. The fraction of sp³-hybridized carbons (Fsp3) is 0.257. The fourth-order valence-corrected chi connectivity index (χ4v) is 7.91. The Bertz CT molecular complexity index is 1890. The van der Waals surface area contributed by atoms with E-state index >= 15 is 0 Å². The number of aromatic amines is 1. The number of nitrogens with zero attached hydrogens (tertiary/aromatic N) is 6. The third-order valence-electron chi connectivity index (χ3n) is 8.94. The van der Waals surface area contributed by atoms with E-state index in [9.17, 15) is 0 Å². The molecule has 0 radical (unpaired) electrons. The Balaban J connectivity index is 1.08. The summed E-state index contributed by atoms with van der Waals surface area (Å²) in [5.74, 6) is 2.10. The quantitative estimate of drug-likeness (QED) is 0.169. The van der Waals surface area contributed by atoms with Crippen molar-refractivity contribution in [3.05, 3.63) is 113 Å². The minimum absolute atomic E-state index is 0.543. The van der Waals surface area contributed by atoms with Crippen molar-refractivity contribution in [2.45, 2.75) is 42.5 Å². The molecule has 3 atom stereocenters. The molecule has 1 saturated heterocycles. The van der Waals surface area contributed by atoms with Gasteiger partial charge in [0.05, 0.1) is 21.4 Å². The molecular formula is C35H32ClN7S. The van der Waals surface area contributed by atoms with Crippen molar-refractivity contribution >= 4 is 51.2 Å². The first-order valence-electron chi connectivity index (χ1n) is 15.2. The second kappa shape index (κ2) is 11.5. The molecule has 0 unspecified atom stereocenters. The highest BCUT2D eigenvalue weighted by atomic mass is 35.5. The maximum atomic E-state index is 6.95. The first kappa shape index (κ1) is 27.6. The van der Waals surface area contributed by atoms with E-state index in [0.717, 1.165) is 76.1 Å². The molecule has 8 rings (SSSR count). The van der Waals surface area contributed by atoms with Gasteiger partial charge in [-0.25, -0.2) is 9.97 Å². The van der Waals surface area contributed by atoms with Crippen molar-refractivity contribution in [2.75, 3.05) is 18.0 Å². The highest BCUT2D eigenvalue weighted by molar-refractivity contribution is 7.99. The summed E-state index contributed by atoms with van der Waals surface area (Å²) in [5.41, 5.74) is 6.23. The molecule has 9 heteroatoms. The van der Waals surface area contributed by atoms with E-state index in [1.807, 2.05) is 24.4 Å². The zero-order valence-electron chi connectivity index (χ0n) is 24.4. The second-order valence-electron chi connectivity index (χ2n) is 11.7. The zero-order valence-corrected chi connectivity index (χ0v) is 26.0. The number of benzene rings is 2. The summed E-state index contributed by atoms with van der Waals surface area (Å²) in [6.07, 6.45) is 4.46. The Hall–Kier alpha value is -3.98. The van der Waals surface area contributed by atoms with Crippen molar-refractivity contribution < 1.29 is 0 Å². The number of pyridine rings is 2. The number of aromatic nitrogens is 5. The number of hydrogen-bond donors (Lipinski definition) is 1. The van der Waals surface area contributed by atoms with Gasteiger partial charge >= 0.3 is 0 Å². The van der Waals surface area contributed by atoms with Crippen LogP contribution in [0.4, 0.5) is 5.82 Å². The smallest absolute Gasteiger partial charge is 0.196 e. The highest BCUT2D eigenvalue weighted by Gasteiger charge is 2.58. The van der Waals surface area contributed by atoms with Gasteiger partial charge in [-0.3, -0.25) is 14.9 Å². The summed E-state index contributed by atoms with van der Waals surface area (Å²) in [5, 5.41) is 2.34. The lowest BCUT2D eigenvalue weighted by atomic mass is 10.1. The van der Waals surface area contributed by atoms with E-state index in [0.29, 0.717) is 23.0 Å². The number of H-pyrrole nitrogens is 1. The molecule has 2 aliphatic rings. The SMILES string of the molecule is CCc1[nH]c2nc(Sc3cnc4cccnc4c3)nc(N3C[C@@H]4[C@H](C3)[C@H]4N(Cc3ccccc3)Cc3ccccc3)c2c1Cl. The van der Waals surface area contributed by atoms with E-state index in [1.165, 1.54) is 22.9 Å². The lowest BCUT2D eigenvalue weighted by molar-refractivity contribution is 0.222. The molecular weight excluding hydrogens is 586 g/mol. The summed E-state index contributed by atoms with van der Waals surface area (Å²) < 4.78 is 0. The van der Waals surface area contributed by atoms with E-state index in [4.69, 9.17) is 21.6 Å². The molecule has 7 nitrogen and oxygen atoms in total. The maximum absolute atomic E-state index is 6.95. The second-order valence-corrected chi connectivity index (χ2v) is 13.2. The first-order chi connectivity index (χ1) is 21.6. The Morgan fingerprint density at radius 3 is 2.27 bits per heavy atom.